The van der Waals surface area contributed by atoms with Crippen molar-refractivity contribution in [1.82, 2.24) is 4.57 Å². The van der Waals surface area contributed by atoms with E-state index in [9.17, 15) is 0 Å². The Morgan fingerprint density at radius 3 is 1.98 bits per heavy atom. The molecule has 0 unspecified atom stereocenters. The monoisotopic (exact) mass is 531 g/mol. The lowest BCUT2D eigenvalue weighted by Crippen LogP contribution is -2.12. The maximum Gasteiger partial charge on any atom is 0.0702 e. The van der Waals surface area contributed by atoms with Crippen LogP contribution >= 0.6 is 0 Å². The van der Waals surface area contributed by atoms with Gasteiger partial charge in [-0.15, -0.1) is 6.58 Å². The largest absolute Gasteiger partial charge is 0.396 e. The number of nitrogens with two attached hydrogens (primary N) is 1. The van der Waals surface area contributed by atoms with Crippen molar-refractivity contribution in [1.29, 1.82) is 0 Å². The predicted octanol–water partition coefficient (Wildman–Crippen LogP) is 9.76. The molecule has 0 bridgehead atoms. The Labute approximate surface area is 242 Å². The Morgan fingerprint density at radius 2 is 1.24 bits per heavy atom. The first-order valence-electron chi connectivity index (χ1n) is 13.9. The molecule has 200 valence electrons. The van der Waals surface area contributed by atoms with Crippen LogP contribution in [0.25, 0.3) is 39.4 Å². The maximum atomic E-state index is 6.86. The highest BCUT2D eigenvalue weighted by Crippen LogP contribution is 2.42. The van der Waals surface area contributed by atoms with Crippen LogP contribution in [0.3, 0.4) is 0 Å². The van der Waals surface area contributed by atoms with Gasteiger partial charge in [0.25, 0.3) is 0 Å². The Balaban J connectivity index is 0.000000967. The molecule has 3 heteroatoms. The Hall–Kier alpha value is -5.28. The third-order valence-electron chi connectivity index (χ3n) is 7.43. The number of hydrogen-bond donors (Lipinski definition) is 1. The van der Waals surface area contributed by atoms with Crippen molar-refractivity contribution < 1.29 is 0 Å². The van der Waals surface area contributed by atoms with Crippen molar-refractivity contribution >= 4 is 39.6 Å². The number of nitrogen functional groups attached to an aromatic ring is 1. The smallest absolute Gasteiger partial charge is 0.0702 e. The summed E-state index contributed by atoms with van der Waals surface area (Å²) in [6, 6.07) is 46.8. The summed E-state index contributed by atoms with van der Waals surface area (Å²) in [4.78, 5) is 2.37. The molecule has 1 aliphatic heterocycles. The number of aromatic nitrogens is 1. The zero-order valence-corrected chi connectivity index (χ0v) is 23.2. The van der Waals surface area contributed by atoms with Crippen molar-refractivity contribution in [2.45, 2.75) is 6.92 Å². The van der Waals surface area contributed by atoms with Crippen molar-refractivity contribution in [2.75, 3.05) is 17.2 Å². The number of allylic oxidation sites excluding steroid dienone is 1. The number of fused-ring (bicyclic) bond motifs is 2. The summed E-state index contributed by atoms with van der Waals surface area (Å²) in [6.07, 6.45) is 4.03. The van der Waals surface area contributed by atoms with Crippen LogP contribution in [-0.4, -0.2) is 11.1 Å². The molecule has 0 radical (unpaired) electrons. The lowest BCUT2D eigenvalue weighted by molar-refractivity contribution is 1.11. The minimum Gasteiger partial charge on any atom is -0.396 e. The fourth-order valence-corrected chi connectivity index (χ4v) is 5.59. The summed E-state index contributed by atoms with van der Waals surface area (Å²) in [7, 11) is 0. The fourth-order valence-electron chi connectivity index (χ4n) is 5.59. The van der Waals surface area contributed by atoms with E-state index >= 15 is 0 Å². The molecule has 0 saturated heterocycles. The number of anilines is 3. The first-order valence-corrected chi connectivity index (χ1v) is 13.9. The Morgan fingerprint density at radius 1 is 0.659 bits per heavy atom. The molecule has 1 aliphatic rings. The van der Waals surface area contributed by atoms with Crippen molar-refractivity contribution in [2.24, 2.45) is 0 Å². The van der Waals surface area contributed by atoms with Crippen molar-refractivity contribution in [3.05, 3.63) is 157 Å². The second-order valence-electron chi connectivity index (χ2n) is 10.1. The van der Waals surface area contributed by atoms with Gasteiger partial charge in [0, 0.05) is 34.6 Å². The van der Waals surface area contributed by atoms with Gasteiger partial charge in [0.2, 0.25) is 0 Å². The van der Waals surface area contributed by atoms with Gasteiger partial charge >= 0.3 is 0 Å². The first kappa shape index (κ1) is 26.0. The molecule has 6 aromatic rings. The summed E-state index contributed by atoms with van der Waals surface area (Å²) in [5, 5.41) is 1.07. The molecular formula is C38H33N3. The van der Waals surface area contributed by atoms with E-state index in [4.69, 9.17) is 5.73 Å². The fraction of sp³-hybridized carbons (Fsp3) is 0.0526. The standard InChI is InChI=1S/C35H27N3.C3H6/c36-35-31-16-8-10-18-33(31)38(29-21-19-26(20-22-29)25-11-3-1-4-12-25)34(35)23-27-24-37(28-13-5-2-6-14-28)32-17-9-7-15-30(27)32;1-3-2/h1-23H,24,36H2;3H,1H2,2H3/b27-23+;. The lowest BCUT2D eigenvalue weighted by atomic mass is 10.1. The highest BCUT2D eigenvalue weighted by molar-refractivity contribution is 6.03. The summed E-state index contributed by atoms with van der Waals surface area (Å²) < 4.78 is 2.29. The minimum atomic E-state index is 0.789. The van der Waals surface area contributed by atoms with E-state index in [1.54, 1.807) is 6.08 Å². The second-order valence-corrected chi connectivity index (χ2v) is 10.1. The summed E-state index contributed by atoms with van der Waals surface area (Å²) in [6.45, 7) is 6.04. The van der Waals surface area contributed by atoms with E-state index in [1.807, 2.05) is 13.0 Å². The van der Waals surface area contributed by atoms with Crippen LogP contribution in [0, 0.1) is 0 Å². The predicted molar refractivity (Wildman–Crippen MR) is 177 cm³/mol. The highest BCUT2D eigenvalue weighted by atomic mass is 15.2. The summed E-state index contributed by atoms with van der Waals surface area (Å²) in [5.41, 5.74) is 18.2. The second kappa shape index (κ2) is 11.4. The van der Waals surface area contributed by atoms with Gasteiger partial charge in [-0.1, -0.05) is 103 Å². The molecule has 7 rings (SSSR count). The maximum absolute atomic E-state index is 6.86. The molecule has 0 amide bonds. The van der Waals surface area contributed by atoms with E-state index in [1.165, 1.54) is 33.6 Å². The van der Waals surface area contributed by atoms with Gasteiger partial charge in [-0.3, -0.25) is 0 Å². The molecular weight excluding hydrogens is 498 g/mol. The van der Waals surface area contributed by atoms with E-state index < -0.39 is 0 Å². The van der Waals surface area contributed by atoms with Gasteiger partial charge in [-0.05, 0) is 66.1 Å². The third kappa shape index (κ3) is 4.94. The third-order valence-corrected chi connectivity index (χ3v) is 7.43. The number of para-hydroxylation sites is 3. The van der Waals surface area contributed by atoms with Gasteiger partial charge in [-0.2, -0.15) is 0 Å². The lowest BCUT2D eigenvalue weighted by Gasteiger charge is -2.19. The molecule has 2 N–H and O–H groups in total. The van der Waals surface area contributed by atoms with E-state index in [-0.39, 0.29) is 0 Å². The summed E-state index contributed by atoms with van der Waals surface area (Å²) in [5.74, 6) is 0. The normalized spacial score (nSPS) is 13.1. The van der Waals surface area contributed by atoms with Crippen LogP contribution in [-0.2, 0) is 0 Å². The van der Waals surface area contributed by atoms with Crippen LogP contribution in [0.4, 0.5) is 17.1 Å². The molecule has 5 aromatic carbocycles. The van der Waals surface area contributed by atoms with E-state index in [0.29, 0.717) is 0 Å². The number of rotatable bonds is 4. The quantitative estimate of drug-likeness (QED) is 0.230. The molecule has 41 heavy (non-hydrogen) atoms. The Bertz CT molecular complexity index is 1830. The topological polar surface area (TPSA) is 34.2 Å². The SMILES string of the molecule is C=CC.Nc1c(/C=C2\CN(c3ccccc3)c3ccccc32)n(-c2ccc(-c3ccccc3)cc2)c2ccccc12. The minimum absolute atomic E-state index is 0.789. The highest BCUT2D eigenvalue weighted by Gasteiger charge is 2.25. The summed E-state index contributed by atoms with van der Waals surface area (Å²) >= 11 is 0. The molecule has 0 fully saturated rings. The number of hydrogen-bond acceptors (Lipinski definition) is 2. The van der Waals surface area contributed by atoms with Crippen LogP contribution < -0.4 is 10.6 Å². The molecule has 0 saturated carbocycles. The molecule has 1 aromatic heterocycles. The van der Waals surface area contributed by atoms with Crippen molar-refractivity contribution in [3.8, 4) is 16.8 Å². The van der Waals surface area contributed by atoms with Gasteiger partial charge in [-0.25, -0.2) is 0 Å². The average molecular weight is 532 g/mol. The van der Waals surface area contributed by atoms with E-state index in [0.717, 1.165) is 34.5 Å². The molecule has 0 atom stereocenters. The molecule has 0 aliphatic carbocycles. The molecule has 3 nitrogen and oxygen atoms in total. The number of benzene rings is 5. The van der Waals surface area contributed by atoms with Gasteiger partial charge < -0.3 is 15.2 Å². The van der Waals surface area contributed by atoms with Crippen LogP contribution in [0.15, 0.2) is 146 Å². The van der Waals surface area contributed by atoms with Crippen LogP contribution in [0.2, 0.25) is 0 Å². The molecule has 0 spiro atoms. The Kier molecular flexibility index (Phi) is 7.25. The number of nitrogens with zero attached hydrogens (tertiary/aromatic N) is 2. The first-order chi connectivity index (χ1) is 20.2. The van der Waals surface area contributed by atoms with Gasteiger partial charge in [0.15, 0.2) is 0 Å². The van der Waals surface area contributed by atoms with Gasteiger partial charge in [0.1, 0.15) is 0 Å². The average Bonchev–Trinajstić information content (AvgIpc) is 3.54. The van der Waals surface area contributed by atoms with Crippen LogP contribution in [0.1, 0.15) is 18.2 Å². The zero-order chi connectivity index (χ0) is 28.2. The van der Waals surface area contributed by atoms with Crippen molar-refractivity contribution in [3.63, 3.8) is 0 Å². The van der Waals surface area contributed by atoms with E-state index in [2.05, 4.69) is 150 Å². The van der Waals surface area contributed by atoms with Crippen LogP contribution in [0.5, 0.6) is 0 Å². The zero-order valence-electron chi connectivity index (χ0n) is 23.2. The van der Waals surface area contributed by atoms with Gasteiger partial charge in [0.05, 0.1) is 16.9 Å². The molecule has 2 heterocycles.